The molecule has 236 valence electrons. The van der Waals surface area contributed by atoms with Gasteiger partial charge in [0.25, 0.3) is 0 Å². The summed E-state index contributed by atoms with van der Waals surface area (Å²) in [6.07, 6.45) is 11.7. The van der Waals surface area contributed by atoms with Gasteiger partial charge in [0.05, 0.1) is 18.1 Å². The first kappa shape index (κ1) is 34.4. The lowest BCUT2D eigenvalue weighted by atomic mass is 9.96. The van der Waals surface area contributed by atoms with Gasteiger partial charge in [0, 0.05) is 13.1 Å². The SMILES string of the molecule is CCCCCCCCCCOc1ccc(C(=O)Oc2ccc(OC(=O)C3CCN(C(=O)[C@@H](Cl)CC(C)C)CC3)cc2)cc1. The first-order valence-corrected chi connectivity index (χ1v) is 16.4. The highest BCUT2D eigenvalue weighted by molar-refractivity contribution is 6.30. The number of hydrogen-bond donors (Lipinski definition) is 0. The molecule has 3 rings (SSSR count). The average molecular weight is 614 g/mol. The van der Waals surface area contributed by atoms with Crippen LogP contribution in [0.4, 0.5) is 0 Å². The number of halogens is 1. The van der Waals surface area contributed by atoms with E-state index in [0.29, 0.717) is 61.9 Å². The Labute approximate surface area is 262 Å². The molecule has 1 aliphatic heterocycles. The van der Waals surface area contributed by atoms with E-state index in [4.69, 9.17) is 25.8 Å². The predicted octanol–water partition coefficient (Wildman–Crippen LogP) is 8.22. The highest BCUT2D eigenvalue weighted by atomic mass is 35.5. The third-order valence-electron chi connectivity index (χ3n) is 7.70. The van der Waals surface area contributed by atoms with Gasteiger partial charge in [-0.15, -0.1) is 11.6 Å². The lowest BCUT2D eigenvalue weighted by Crippen LogP contribution is -2.44. The fourth-order valence-electron chi connectivity index (χ4n) is 5.10. The van der Waals surface area contributed by atoms with Crippen LogP contribution in [0.1, 0.15) is 102 Å². The molecule has 0 aliphatic carbocycles. The third-order valence-corrected chi connectivity index (χ3v) is 8.06. The van der Waals surface area contributed by atoms with E-state index in [9.17, 15) is 14.4 Å². The van der Waals surface area contributed by atoms with Crippen LogP contribution in [0, 0.1) is 11.8 Å². The number of hydrogen-bond acceptors (Lipinski definition) is 6. The molecule has 0 radical (unpaired) electrons. The van der Waals surface area contributed by atoms with Gasteiger partial charge in [-0.3, -0.25) is 9.59 Å². The van der Waals surface area contributed by atoms with Gasteiger partial charge >= 0.3 is 11.9 Å². The van der Waals surface area contributed by atoms with Gasteiger partial charge in [-0.2, -0.15) is 0 Å². The number of likely N-dealkylation sites (tertiary alicyclic amines) is 1. The van der Waals surface area contributed by atoms with Crippen molar-refractivity contribution in [1.29, 1.82) is 0 Å². The molecular formula is C35H48ClNO6. The highest BCUT2D eigenvalue weighted by Gasteiger charge is 2.31. The van der Waals surface area contributed by atoms with E-state index in [-0.39, 0.29) is 17.8 Å². The molecule has 1 saturated heterocycles. The number of alkyl halides is 1. The van der Waals surface area contributed by atoms with Crippen molar-refractivity contribution in [2.75, 3.05) is 19.7 Å². The summed E-state index contributed by atoms with van der Waals surface area (Å²) < 4.78 is 16.9. The van der Waals surface area contributed by atoms with Crippen molar-refractivity contribution in [2.45, 2.75) is 96.8 Å². The summed E-state index contributed by atoms with van der Waals surface area (Å²) in [7, 11) is 0. The van der Waals surface area contributed by atoms with Crippen LogP contribution in [-0.4, -0.2) is 47.8 Å². The van der Waals surface area contributed by atoms with Crippen molar-refractivity contribution < 1.29 is 28.6 Å². The normalized spacial score (nSPS) is 14.4. The van der Waals surface area contributed by atoms with E-state index in [1.54, 1.807) is 53.4 Å². The van der Waals surface area contributed by atoms with Crippen LogP contribution in [0.15, 0.2) is 48.5 Å². The molecule has 2 aromatic rings. The summed E-state index contributed by atoms with van der Waals surface area (Å²) in [5, 5.41) is -0.529. The van der Waals surface area contributed by atoms with Crippen LogP contribution < -0.4 is 14.2 Å². The molecule has 43 heavy (non-hydrogen) atoms. The Bertz CT molecular complexity index is 1130. The van der Waals surface area contributed by atoms with Crippen LogP contribution in [0.2, 0.25) is 0 Å². The van der Waals surface area contributed by atoms with Gasteiger partial charge in [0.2, 0.25) is 5.91 Å². The lowest BCUT2D eigenvalue weighted by molar-refractivity contribution is -0.143. The molecule has 2 aromatic carbocycles. The molecule has 0 aromatic heterocycles. The van der Waals surface area contributed by atoms with E-state index < -0.39 is 11.3 Å². The van der Waals surface area contributed by atoms with Crippen molar-refractivity contribution in [1.82, 2.24) is 4.90 Å². The molecule has 0 N–H and O–H groups in total. The molecular weight excluding hydrogens is 566 g/mol. The second kappa shape index (κ2) is 18.6. The summed E-state index contributed by atoms with van der Waals surface area (Å²) in [6, 6.07) is 13.3. The average Bonchev–Trinajstić information content (AvgIpc) is 3.00. The van der Waals surface area contributed by atoms with Gasteiger partial charge in [-0.05, 0) is 80.1 Å². The number of unbranched alkanes of at least 4 members (excludes halogenated alkanes) is 7. The summed E-state index contributed by atoms with van der Waals surface area (Å²) in [5.74, 6) is 0.646. The largest absolute Gasteiger partial charge is 0.494 e. The third kappa shape index (κ3) is 12.2. The number of ether oxygens (including phenoxy) is 3. The zero-order chi connectivity index (χ0) is 31.0. The van der Waals surface area contributed by atoms with Gasteiger partial charge in [0.15, 0.2) is 0 Å². The van der Waals surface area contributed by atoms with Crippen LogP contribution in [0.25, 0.3) is 0 Å². The first-order valence-electron chi connectivity index (χ1n) is 16.0. The minimum atomic E-state index is -0.529. The number of piperidine rings is 1. The van der Waals surface area contributed by atoms with Crippen LogP contribution in [0.3, 0.4) is 0 Å². The molecule has 1 heterocycles. The van der Waals surface area contributed by atoms with Crippen LogP contribution in [0.5, 0.6) is 17.2 Å². The number of rotatable bonds is 17. The quantitative estimate of drug-likeness (QED) is 0.0773. The van der Waals surface area contributed by atoms with Gasteiger partial charge in [-0.25, -0.2) is 4.79 Å². The Morgan fingerprint density at radius 2 is 1.33 bits per heavy atom. The minimum absolute atomic E-state index is 0.0642. The molecule has 1 atom stereocenters. The van der Waals surface area contributed by atoms with Crippen molar-refractivity contribution in [2.24, 2.45) is 11.8 Å². The first-order chi connectivity index (χ1) is 20.8. The van der Waals surface area contributed by atoms with E-state index in [1.165, 1.54) is 44.9 Å². The van der Waals surface area contributed by atoms with Crippen LogP contribution >= 0.6 is 11.6 Å². The molecule has 1 fully saturated rings. The molecule has 7 nitrogen and oxygen atoms in total. The van der Waals surface area contributed by atoms with E-state index in [1.807, 2.05) is 13.8 Å². The molecule has 0 saturated carbocycles. The predicted molar refractivity (Wildman–Crippen MR) is 170 cm³/mol. The number of benzene rings is 2. The molecule has 0 spiro atoms. The maximum Gasteiger partial charge on any atom is 0.343 e. The second-order valence-electron chi connectivity index (χ2n) is 11.8. The van der Waals surface area contributed by atoms with Crippen molar-refractivity contribution in [3.05, 3.63) is 54.1 Å². The van der Waals surface area contributed by atoms with E-state index >= 15 is 0 Å². The number of amides is 1. The fraction of sp³-hybridized carbons (Fsp3) is 0.571. The Balaban J connectivity index is 1.35. The van der Waals surface area contributed by atoms with Crippen molar-refractivity contribution >= 4 is 29.4 Å². The number of esters is 2. The summed E-state index contributed by atoms with van der Waals surface area (Å²) in [6.45, 7) is 7.95. The van der Waals surface area contributed by atoms with Gasteiger partial charge in [0.1, 0.15) is 22.6 Å². The number of carbonyl (C=O) groups is 3. The summed E-state index contributed by atoms with van der Waals surface area (Å²) in [4.78, 5) is 39.6. The smallest absolute Gasteiger partial charge is 0.343 e. The second-order valence-corrected chi connectivity index (χ2v) is 12.4. The fourth-order valence-corrected chi connectivity index (χ4v) is 5.60. The summed E-state index contributed by atoms with van der Waals surface area (Å²) >= 11 is 6.27. The van der Waals surface area contributed by atoms with Crippen molar-refractivity contribution in [3.8, 4) is 17.2 Å². The van der Waals surface area contributed by atoms with Gasteiger partial charge < -0.3 is 19.1 Å². The Morgan fingerprint density at radius 3 is 1.91 bits per heavy atom. The Morgan fingerprint density at radius 1 is 0.791 bits per heavy atom. The maximum absolute atomic E-state index is 12.7. The monoisotopic (exact) mass is 613 g/mol. The lowest BCUT2D eigenvalue weighted by Gasteiger charge is -2.32. The Hall–Kier alpha value is -3.06. The van der Waals surface area contributed by atoms with Crippen molar-refractivity contribution in [3.63, 3.8) is 0 Å². The Kier molecular flexibility index (Phi) is 14.9. The molecule has 1 amide bonds. The highest BCUT2D eigenvalue weighted by Crippen LogP contribution is 2.25. The van der Waals surface area contributed by atoms with Crippen LogP contribution in [-0.2, 0) is 9.59 Å². The van der Waals surface area contributed by atoms with E-state index in [2.05, 4.69) is 6.92 Å². The number of carbonyl (C=O) groups excluding carboxylic acids is 3. The molecule has 8 heteroatoms. The summed E-state index contributed by atoms with van der Waals surface area (Å²) in [5.41, 5.74) is 0.421. The zero-order valence-electron chi connectivity index (χ0n) is 26.0. The molecule has 0 bridgehead atoms. The topological polar surface area (TPSA) is 82.1 Å². The maximum atomic E-state index is 12.7. The number of nitrogens with zero attached hydrogens (tertiary/aromatic N) is 1. The standard InChI is InChI=1S/C35H48ClNO6/c1-4-5-6-7-8-9-10-11-24-41-29-14-12-27(13-15-29)34(39)42-30-16-18-31(19-17-30)43-35(40)28-20-22-37(23-21-28)33(38)32(36)25-26(2)3/h12-19,26,28,32H,4-11,20-25H2,1-3H3/t32-/m0/s1. The molecule has 1 aliphatic rings. The van der Waals surface area contributed by atoms with E-state index in [0.717, 1.165) is 12.2 Å². The van der Waals surface area contributed by atoms with Gasteiger partial charge in [-0.1, -0.05) is 65.7 Å². The molecule has 0 unspecified atom stereocenters. The minimum Gasteiger partial charge on any atom is -0.494 e. The zero-order valence-corrected chi connectivity index (χ0v) is 26.8.